The van der Waals surface area contributed by atoms with Gasteiger partial charge >= 0.3 is 0 Å². The third-order valence-corrected chi connectivity index (χ3v) is 5.65. The molecule has 7 heteroatoms. The van der Waals surface area contributed by atoms with Crippen molar-refractivity contribution in [3.05, 3.63) is 46.5 Å². The molecule has 0 atom stereocenters. The Labute approximate surface area is 153 Å². The van der Waals surface area contributed by atoms with Crippen LogP contribution in [0.3, 0.4) is 0 Å². The second-order valence-corrected chi connectivity index (χ2v) is 7.62. The van der Waals surface area contributed by atoms with Crippen molar-refractivity contribution >= 4 is 44.4 Å². The fourth-order valence-corrected chi connectivity index (χ4v) is 4.37. The van der Waals surface area contributed by atoms with Crippen molar-refractivity contribution in [1.29, 1.82) is 0 Å². The first-order valence-electron chi connectivity index (χ1n) is 7.74. The molecule has 0 aliphatic rings. The summed E-state index contributed by atoms with van der Waals surface area (Å²) in [6.45, 7) is 4.03. The van der Waals surface area contributed by atoms with Gasteiger partial charge in [-0.25, -0.2) is 9.97 Å². The zero-order valence-electron chi connectivity index (χ0n) is 14.0. The van der Waals surface area contributed by atoms with E-state index in [1.807, 2.05) is 38.1 Å². The highest BCUT2D eigenvalue weighted by molar-refractivity contribution is 7.16. The molecule has 1 N–H and O–H groups in total. The van der Waals surface area contributed by atoms with Gasteiger partial charge in [0.05, 0.1) is 39.6 Å². The van der Waals surface area contributed by atoms with E-state index < -0.39 is 0 Å². The van der Waals surface area contributed by atoms with Gasteiger partial charge in [0.15, 0.2) is 5.13 Å². The van der Waals surface area contributed by atoms with Gasteiger partial charge in [-0.2, -0.15) is 0 Å². The van der Waals surface area contributed by atoms with E-state index in [9.17, 15) is 0 Å². The first-order chi connectivity index (χ1) is 12.1. The average molecular weight is 368 g/mol. The lowest BCUT2D eigenvalue weighted by molar-refractivity contribution is 0.415. The molecule has 4 aromatic rings. The minimum Gasteiger partial charge on any atom is -0.497 e. The number of nitrogens with zero attached hydrogens (tertiary/aromatic N) is 3. The summed E-state index contributed by atoms with van der Waals surface area (Å²) in [5.74, 6) is 0.786. The van der Waals surface area contributed by atoms with E-state index in [0.717, 1.165) is 48.7 Å². The van der Waals surface area contributed by atoms with Gasteiger partial charge in [-0.3, -0.25) is 4.98 Å². The summed E-state index contributed by atoms with van der Waals surface area (Å²) in [4.78, 5) is 14.8. The number of hydrogen-bond donors (Lipinski definition) is 1. The summed E-state index contributed by atoms with van der Waals surface area (Å²) in [6, 6.07) is 7.86. The normalized spacial score (nSPS) is 11.0. The highest BCUT2D eigenvalue weighted by Gasteiger charge is 2.13. The number of benzene rings is 1. The zero-order valence-corrected chi connectivity index (χ0v) is 15.7. The van der Waals surface area contributed by atoms with Gasteiger partial charge in [0.2, 0.25) is 0 Å². The predicted molar refractivity (Wildman–Crippen MR) is 104 cm³/mol. The van der Waals surface area contributed by atoms with Crippen molar-refractivity contribution in [2.24, 2.45) is 0 Å². The second kappa shape index (κ2) is 6.42. The number of ether oxygens (including phenoxy) is 1. The van der Waals surface area contributed by atoms with E-state index in [4.69, 9.17) is 9.72 Å². The van der Waals surface area contributed by atoms with Crippen molar-refractivity contribution in [2.75, 3.05) is 12.4 Å². The van der Waals surface area contributed by atoms with Crippen molar-refractivity contribution in [3.63, 3.8) is 0 Å². The van der Waals surface area contributed by atoms with Crippen molar-refractivity contribution in [1.82, 2.24) is 15.0 Å². The SMILES string of the molecule is COc1cc(Nc2nc(-c3sc(C)nc3C)cs2)c2ncccc2c1. The van der Waals surface area contributed by atoms with Crippen LogP contribution >= 0.6 is 22.7 Å². The standard InChI is InChI=1S/C18H16N4OS2/c1-10-17(25-11(2)20-10)15-9-24-18(22-15)21-14-8-13(23-3)7-12-5-4-6-19-16(12)14/h4-9H,1-3H3,(H,21,22). The van der Waals surface area contributed by atoms with Gasteiger partial charge in [-0.1, -0.05) is 6.07 Å². The summed E-state index contributed by atoms with van der Waals surface area (Å²) in [5, 5.41) is 8.34. The fourth-order valence-electron chi connectivity index (χ4n) is 2.70. The Balaban J connectivity index is 1.71. The molecule has 5 nitrogen and oxygen atoms in total. The topological polar surface area (TPSA) is 59.9 Å². The highest BCUT2D eigenvalue weighted by atomic mass is 32.1. The first-order valence-corrected chi connectivity index (χ1v) is 9.43. The maximum Gasteiger partial charge on any atom is 0.187 e. The van der Waals surface area contributed by atoms with Crippen molar-refractivity contribution in [2.45, 2.75) is 13.8 Å². The van der Waals surface area contributed by atoms with Crippen molar-refractivity contribution < 1.29 is 4.74 Å². The average Bonchev–Trinajstić information content (AvgIpc) is 3.20. The number of aryl methyl sites for hydroxylation is 2. The molecule has 3 aromatic heterocycles. The highest BCUT2D eigenvalue weighted by Crippen LogP contribution is 2.35. The van der Waals surface area contributed by atoms with Crippen LogP contribution < -0.4 is 10.1 Å². The summed E-state index contributed by atoms with van der Waals surface area (Å²) < 4.78 is 5.40. The smallest absolute Gasteiger partial charge is 0.187 e. The number of nitrogens with one attached hydrogen (secondary N) is 1. The minimum absolute atomic E-state index is 0.786. The van der Waals surface area contributed by atoms with Crippen molar-refractivity contribution in [3.8, 4) is 16.3 Å². The van der Waals surface area contributed by atoms with Gasteiger partial charge in [-0.05, 0) is 26.0 Å². The summed E-state index contributed by atoms with van der Waals surface area (Å²) in [5.41, 5.74) is 3.75. The number of thiazole rings is 2. The van der Waals surface area contributed by atoms with Gasteiger partial charge < -0.3 is 10.1 Å². The van der Waals surface area contributed by atoms with Crippen LogP contribution in [0, 0.1) is 13.8 Å². The number of aromatic nitrogens is 3. The van der Waals surface area contributed by atoms with Crippen LogP contribution in [0.1, 0.15) is 10.7 Å². The van der Waals surface area contributed by atoms with Gasteiger partial charge in [0.1, 0.15) is 5.75 Å². The monoisotopic (exact) mass is 368 g/mol. The minimum atomic E-state index is 0.786. The Morgan fingerprint density at radius 3 is 2.80 bits per heavy atom. The Hall–Kier alpha value is -2.51. The van der Waals surface area contributed by atoms with Crippen LogP contribution in [-0.4, -0.2) is 22.1 Å². The van der Waals surface area contributed by atoms with Crippen LogP contribution in [0.4, 0.5) is 10.8 Å². The molecule has 0 unspecified atom stereocenters. The maximum absolute atomic E-state index is 5.40. The summed E-state index contributed by atoms with van der Waals surface area (Å²) >= 11 is 3.24. The fraction of sp³-hybridized carbons (Fsp3) is 0.167. The molecule has 0 aliphatic heterocycles. The lowest BCUT2D eigenvalue weighted by atomic mass is 10.2. The summed E-state index contributed by atoms with van der Waals surface area (Å²) in [7, 11) is 1.66. The second-order valence-electron chi connectivity index (χ2n) is 5.56. The number of hydrogen-bond acceptors (Lipinski definition) is 7. The molecule has 0 fully saturated rings. The quantitative estimate of drug-likeness (QED) is 0.537. The zero-order chi connectivity index (χ0) is 17.4. The molecule has 0 amide bonds. The lowest BCUT2D eigenvalue weighted by Gasteiger charge is -2.09. The maximum atomic E-state index is 5.40. The number of pyridine rings is 1. The Morgan fingerprint density at radius 1 is 1.16 bits per heavy atom. The third kappa shape index (κ3) is 3.08. The van der Waals surface area contributed by atoms with Gasteiger partial charge in [0, 0.05) is 23.0 Å². The molecule has 3 heterocycles. The molecule has 25 heavy (non-hydrogen) atoms. The van der Waals surface area contributed by atoms with Crippen LogP contribution in [0.2, 0.25) is 0 Å². The Bertz CT molecular complexity index is 1050. The molecule has 126 valence electrons. The van der Waals surface area contributed by atoms with Gasteiger partial charge in [-0.15, -0.1) is 22.7 Å². The lowest BCUT2D eigenvalue weighted by Crippen LogP contribution is -1.94. The number of anilines is 2. The van der Waals surface area contributed by atoms with E-state index in [2.05, 4.69) is 20.7 Å². The van der Waals surface area contributed by atoms with Crippen LogP contribution in [0.15, 0.2) is 35.8 Å². The van der Waals surface area contributed by atoms with Gasteiger partial charge in [0.25, 0.3) is 0 Å². The first kappa shape index (κ1) is 16.0. The van der Waals surface area contributed by atoms with E-state index in [0.29, 0.717) is 0 Å². The number of fused-ring (bicyclic) bond motifs is 1. The van der Waals surface area contributed by atoms with E-state index in [1.54, 1.807) is 36.0 Å². The molecule has 1 aromatic carbocycles. The molecule has 0 aliphatic carbocycles. The molecule has 0 radical (unpaired) electrons. The predicted octanol–water partition coefficient (Wildman–Crippen LogP) is 5.18. The van der Waals surface area contributed by atoms with Crippen LogP contribution in [0.25, 0.3) is 21.5 Å². The molecule has 4 rings (SSSR count). The largest absolute Gasteiger partial charge is 0.497 e. The molecule has 0 bridgehead atoms. The molecule has 0 saturated heterocycles. The summed E-state index contributed by atoms with van der Waals surface area (Å²) in [6.07, 6.45) is 1.79. The van der Waals surface area contributed by atoms with E-state index >= 15 is 0 Å². The molecule has 0 saturated carbocycles. The molecular weight excluding hydrogens is 352 g/mol. The van der Waals surface area contributed by atoms with Crippen LogP contribution in [0.5, 0.6) is 5.75 Å². The van der Waals surface area contributed by atoms with E-state index in [1.165, 1.54) is 0 Å². The van der Waals surface area contributed by atoms with E-state index in [-0.39, 0.29) is 0 Å². The molecule has 0 spiro atoms. The Kier molecular flexibility index (Phi) is 4.10. The Morgan fingerprint density at radius 2 is 2.04 bits per heavy atom. The molecular formula is C18H16N4OS2. The number of methoxy groups -OCH3 is 1. The number of rotatable bonds is 4. The van der Waals surface area contributed by atoms with Crippen LogP contribution in [-0.2, 0) is 0 Å². The third-order valence-electron chi connectivity index (χ3n) is 3.80.